The van der Waals surface area contributed by atoms with Crippen molar-refractivity contribution in [2.24, 2.45) is 4.99 Å². The molecule has 0 unspecified atom stereocenters. The molecule has 0 aliphatic rings. The van der Waals surface area contributed by atoms with Gasteiger partial charge in [-0.05, 0) is 46.2 Å². The summed E-state index contributed by atoms with van der Waals surface area (Å²) in [5.41, 5.74) is -0.468. The van der Waals surface area contributed by atoms with E-state index in [-0.39, 0.29) is 6.09 Å². The fourth-order valence-electron chi connectivity index (χ4n) is 1.94. The van der Waals surface area contributed by atoms with Crippen molar-refractivity contribution in [3.8, 4) is 0 Å². The summed E-state index contributed by atoms with van der Waals surface area (Å²) in [4.78, 5) is 16.0. The average molecular weight is 337 g/mol. The number of aromatic nitrogens is 1. The number of rotatable bonds is 8. The van der Waals surface area contributed by atoms with E-state index in [1.54, 1.807) is 0 Å². The molecule has 1 amide bonds. The Kier molecular flexibility index (Phi) is 8.75. The molecule has 136 valence electrons. The van der Waals surface area contributed by atoms with Crippen LogP contribution in [0.4, 0.5) is 4.79 Å². The van der Waals surface area contributed by atoms with Crippen LogP contribution in [0.25, 0.3) is 0 Å². The van der Waals surface area contributed by atoms with Crippen LogP contribution in [-0.2, 0) is 11.3 Å². The zero-order valence-corrected chi connectivity index (χ0v) is 15.3. The van der Waals surface area contributed by atoms with Crippen LogP contribution in [0, 0.1) is 0 Å². The van der Waals surface area contributed by atoms with Crippen molar-refractivity contribution >= 4 is 12.1 Å². The number of hydrogen-bond acceptors (Lipinski definition) is 3. The minimum absolute atomic E-state index is 0.386. The molecule has 0 bridgehead atoms. The SMILES string of the molecule is CCNC(=NCCCNC(=O)OC(C)(C)C)NCCn1cccc1. The van der Waals surface area contributed by atoms with Crippen molar-refractivity contribution in [1.82, 2.24) is 20.5 Å². The number of carbonyl (C=O) groups excluding carboxylic acids is 1. The summed E-state index contributed by atoms with van der Waals surface area (Å²) < 4.78 is 7.29. The number of aliphatic imine (C=N–C) groups is 1. The molecule has 0 aliphatic heterocycles. The minimum atomic E-state index is -0.468. The summed E-state index contributed by atoms with van der Waals surface area (Å²) >= 11 is 0. The van der Waals surface area contributed by atoms with Gasteiger partial charge in [-0.25, -0.2) is 4.79 Å². The van der Waals surface area contributed by atoms with Gasteiger partial charge in [0.25, 0.3) is 0 Å². The van der Waals surface area contributed by atoms with Crippen LogP contribution in [0.2, 0.25) is 0 Å². The number of amides is 1. The predicted molar refractivity (Wildman–Crippen MR) is 97.3 cm³/mol. The van der Waals surface area contributed by atoms with Gasteiger partial charge in [-0.2, -0.15) is 0 Å². The number of nitrogens with zero attached hydrogens (tertiary/aromatic N) is 2. The summed E-state index contributed by atoms with van der Waals surface area (Å²) in [5.74, 6) is 0.793. The summed E-state index contributed by atoms with van der Waals surface area (Å²) in [7, 11) is 0. The van der Waals surface area contributed by atoms with E-state index in [0.29, 0.717) is 13.1 Å². The van der Waals surface area contributed by atoms with Crippen LogP contribution in [0.15, 0.2) is 29.5 Å². The molecule has 3 N–H and O–H groups in total. The molecule has 0 spiro atoms. The molecule has 0 aliphatic carbocycles. The molecular weight excluding hydrogens is 306 g/mol. The third-order valence-corrected chi connectivity index (χ3v) is 2.95. The van der Waals surface area contributed by atoms with E-state index >= 15 is 0 Å². The minimum Gasteiger partial charge on any atom is -0.444 e. The van der Waals surface area contributed by atoms with Crippen LogP contribution in [0.3, 0.4) is 0 Å². The molecule has 7 heteroatoms. The number of ether oxygens (including phenoxy) is 1. The molecule has 1 aromatic heterocycles. The quantitative estimate of drug-likeness (QED) is 0.385. The lowest BCUT2D eigenvalue weighted by molar-refractivity contribution is 0.0527. The Hall–Kier alpha value is -2.18. The Balaban J connectivity index is 2.21. The zero-order valence-electron chi connectivity index (χ0n) is 15.3. The van der Waals surface area contributed by atoms with Crippen LogP contribution in [-0.4, -0.2) is 48.4 Å². The van der Waals surface area contributed by atoms with E-state index in [4.69, 9.17) is 4.74 Å². The van der Waals surface area contributed by atoms with E-state index in [2.05, 4.69) is 25.5 Å². The van der Waals surface area contributed by atoms with Crippen LogP contribution >= 0.6 is 0 Å². The highest BCUT2D eigenvalue weighted by atomic mass is 16.6. The number of nitrogens with one attached hydrogen (secondary N) is 3. The molecule has 0 atom stereocenters. The number of carbonyl (C=O) groups is 1. The Morgan fingerprint density at radius 2 is 1.83 bits per heavy atom. The molecule has 0 fully saturated rings. The number of guanidine groups is 1. The lowest BCUT2D eigenvalue weighted by Gasteiger charge is -2.19. The molecule has 0 aromatic carbocycles. The highest BCUT2D eigenvalue weighted by molar-refractivity contribution is 5.79. The van der Waals surface area contributed by atoms with Crippen molar-refractivity contribution < 1.29 is 9.53 Å². The normalized spacial score (nSPS) is 11.9. The Morgan fingerprint density at radius 3 is 2.46 bits per heavy atom. The monoisotopic (exact) mass is 337 g/mol. The van der Waals surface area contributed by atoms with E-state index in [0.717, 1.165) is 32.0 Å². The van der Waals surface area contributed by atoms with Gasteiger partial charge in [0.1, 0.15) is 5.60 Å². The average Bonchev–Trinajstić information content (AvgIpc) is 2.98. The zero-order chi connectivity index (χ0) is 17.8. The fraction of sp³-hybridized carbons (Fsp3) is 0.647. The van der Waals surface area contributed by atoms with Gasteiger partial charge < -0.3 is 25.3 Å². The molecule has 1 aromatic rings. The third-order valence-electron chi connectivity index (χ3n) is 2.95. The second-order valence-electron chi connectivity index (χ2n) is 6.39. The topological polar surface area (TPSA) is 79.7 Å². The highest BCUT2D eigenvalue weighted by Crippen LogP contribution is 2.06. The van der Waals surface area contributed by atoms with Gasteiger partial charge in [-0.3, -0.25) is 4.99 Å². The molecule has 1 heterocycles. The lowest BCUT2D eigenvalue weighted by Crippen LogP contribution is -2.39. The first kappa shape index (κ1) is 19.9. The smallest absolute Gasteiger partial charge is 0.407 e. The maximum atomic E-state index is 11.5. The van der Waals surface area contributed by atoms with Crippen molar-refractivity contribution in [3.63, 3.8) is 0 Å². The van der Waals surface area contributed by atoms with Gasteiger partial charge >= 0.3 is 6.09 Å². The van der Waals surface area contributed by atoms with Gasteiger partial charge in [0.05, 0.1) is 0 Å². The maximum Gasteiger partial charge on any atom is 0.407 e. The molecule has 0 saturated heterocycles. The summed E-state index contributed by atoms with van der Waals surface area (Å²) in [6, 6.07) is 4.02. The first-order valence-electron chi connectivity index (χ1n) is 8.50. The van der Waals surface area contributed by atoms with Crippen LogP contribution < -0.4 is 16.0 Å². The molecule has 0 saturated carbocycles. The van der Waals surface area contributed by atoms with Crippen LogP contribution in [0.5, 0.6) is 0 Å². The number of alkyl carbamates (subject to hydrolysis) is 1. The standard InChI is InChI=1S/C17H31N5O2/c1-5-18-15(20-11-14-22-12-6-7-13-22)19-9-8-10-21-16(23)24-17(2,3)4/h6-7,12-13H,5,8-11,14H2,1-4H3,(H,21,23)(H2,18,19,20). The molecule has 0 radical (unpaired) electrons. The van der Waals surface area contributed by atoms with Gasteiger partial charge in [0.2, 0.25) is 0 Å². The highest BCUT2D eigenvalue weighted by Gasteiger charge is 2.15. The molecule has 1 rings (SSSR count). The molecule has 7 nitrogen and oxygen atoms in total. The van der Waals surface area contributed by atoms with E-state index in [9.17, 15) is 4.79 Å². The third kappa shape index (κ3) is 9.76. The molecule has 24 heavy (non-hydrogen) atoms. The Morgan fingerprint density at radius 1 is 1.12 bits per heavy atom. The summed E-state index contributed by atoms with van der Waals surface area (Å²) in [6.45, 7) is 11.2. The second-order valence-corrected chi connectivity index (χ2v) is 6.39. The van der Waals surface area contributed by atoms with E-state index in [1.807, 2.05) is 52.2 Å². The van der Waals surface area contributed by atoms with Gasteiger partial charge in [-0.15, -0.1) is 0 Å². The van der Waals surface area contributed by atoms with Gasteiger partial charge in [-0.1, -0.05) is 0 Å². The first-order chi connectivity index (χ1) is 11.4. The summed E-state index contributed by atoms with van der Waals surface area (Å²) in [6.07, 6.45) is 4.44. The lowest BCUT2D eigenvalue weighted by atomic mass is 10.2. The van der Waals surface area contributed by atoms with Crippen molar-refractivity contribution in [1.29, 1.82) is 0 Å². The summed E-state index contributed by atoms with van der Waals surface area (Å²) in [5, 5.41) is 9.24. The van der Waals surface area contributed by atoms with E-state index < -0.39 is 5.60 Å². The second kappa shape index (κ2) is 10.6. The Labute approximate surface area is 144 Å². The van der Waals surface area contributed by atoms with Crippen molar-refractivity contribution in [2.45, 2.75) is 46.3 Å². The van der Waals surface area contributed by atoms with Gasteiger partial charge in [0.15, 0.2) is 5.96 Å². The maximum absolute atomic E-state index is 11.5. The van der Waals surface area contributed by atoms with Crippen LogP contribution in [0.1, 0.15) is 34.1 Å². The first-order valence-corrected chi connectivity index (χ1v) is 8.50. The Bertz CT molecular complexity index is 492. The molecular formula is C17H31N5O2. The fourth-order valence-corrected chi connectivity index (χ4v) is 1.94. The largest absolute Gasteiger partial charge is 0.444 e. The van der Waals surface area contributed by atoms with Gasteiger partial charge in [0, 0.05) is 45.1 Å². The van der Waals surface area contributed by atoms with Crippen molar-refractivity contribution in [3.05, 3.63) is 24.5 Å². The predicted octanol–water partition coefficient (Wildman–Crippen LogP) is 1.96. The van der Waals surface area contributed by atoms with Crippen molar-refractivity contribution in [2.75, 3.05) is 26.2 Å². The number of hydrogen-bond donors (Lipinski definition) is 3. The van der Waals surface area contributed by atoms with E-state index in [1.165, 1.54) is 0 Å².